The first-order valence-electron chi connectivity index (χ1n) is 6.90. The molecule has 0 aromatic carbocycles. The Morgan fingerprint density at radius 1 is 1.30 bits per heavy atom. The summed E-state index contributed by atoms with van der Waals surface area (Å²) in [5, 5.41) is 3.31. The van der Waals surface area contributed by atoms with Crippen molar-refractivity contribution in [2.45, 2.75) is 37.1 Å². The van der Waals surface area contributed by atoms with Crippen LogP contribution in [0.4, 0.5) is 0 Å². The van der Waals surface area contributed by atoms with Crippen LogP contribution >= 0.6 is 23.1 Å². The van der Waals surface area contributed by atoms with E-state index in [4.69, 9.17) is 0 Å². The van der Waals surface area contributed by atoms with Crippen molar-refractivity contribution in [1.29, 1.82) is 0 Å². The van der Waals surface area contributed by atoms with E-state index in [2.05, 4.69) is 19.2 Å². The smallest absolute Gasteiger partial charge is 0.252 e. The molecule has 1 aliphatic heterocycles. The highest BCUT2D eigenvalue weighted by molar-refractivity contribution is 7.99. The summed E-state index contributed by atoms with van der Waals surface area (Å²) >= 11 is 3.22. The minimum absolute atomic E-state index is 0.403. The monoisotopic (exact) mass is 334 g/mol. The molecule has 20 heavy (non-hydrogen) atoms. The lowest BCUT2D eigenvalue weighted by molar-refractivity contribution is 0.436. The predicted octanol–water partition coefficient (Wildman–Crippen LogP) is 2.37. The number of nitrogens with one attached hydrogen (secondary N) is 1. The van der Waals surface area contributed by atoms with Gasteiger partial charge in [-0.2, -0.15) is 16.1 Å². The number of nitrogens with zero attached hydrogens (tertiary/aromatic N) is 1. The zero-order chi connectivity index (χ0) is 14.6. The van der Waals surface area contributed by atoms with E-state index in [9.17, 15) is 8.42 Å². The molecule has 7 heteroatoms. The molecule has 0 unspecified atom stereocenters. The summed E-state index contributed by atoms with van der Waals surface area (Å²) in [6, 6.07) is 4.06. The molecule has 1 fully saturated rings. The Morgan fingerprint density at radius 3 is 2.85 bits per heavy atom. The van der Waals surface area contributed by atoms with Gasteiger partial charge in [-0.25, -0.2) is 8.42 Å². The number of sulfonamides is 1. The topological polar surface area (TPSA) is 49.4 Å². The fourth-order valence-electron chi connectivity index (χ4n) is 1.99. The summed E-state index contributed by atoms with van der Waals surface area (Å²) in [7, 11) is -3.29. The van der Waals surface area contributed by atoms with Crippen molar-refractivity contribution in [3.63, 3.8) is 0 Å². The van der Waals surface area contributed by atoms with Crippen LogP contribution in [0.1, 0.15) is 25.1 Å². The average Bonchev–Trinajstić information content (AvgIpc) is 2.70. The molecule has 2 heterocycles. The lowest BCUT2D eigenvalue weighted by atomic mass is 10.4. The highest BCUT2D eigenvalue weighted by Crippen LogP contribution is 2.26. The van der Waals surface area contributed by atoms with Gasteiger partial charge in [-0.1, -0.05) is 13.8 Å². The lowest BCUT2D eigenvalue weighted by Gasteiger charge is -2.18. The number of rotatable bonds is 5. The summed E-state index contributed by atoms with van der Waals surface area (Å²) < 4.78 is 27.3. The molecule has 0 spiro atoms. The molecule has 1 aromatic heterocycles. The van der Waals surface area contributed by atoms with E-state index in [-0.39, 0.29) is 0 Å². The third kappa shape index (κ3) is 4.21. The Kier molecular flexibility index (Phi) is 5.92. The third-order valence-electron chi connectivity index (χ3n) is 3.10. The Balaban J connectivity index is 2.08. The second-order valence-corrected chi connectivity index (χ2v) is 9.68. The van der Waals surface area contributed by atoms with Crippen molar-refractivity contribution >= 4 is 33.1 Å². The van der Waals surface area contributed by atoms with Gasteiger partial charge in [0.1, 0.15) is 4.21 Å². The van der Waals surface area contributed by atoms with E-state index in [0.717, 1.165) is 29.3 Å². The number of thioether (sulfide) groups is 1. The summed E-state index contributed by atoms with van der Waals surface area (Å²) in [6.07, 6.45) is 0.942. The molecule has 114 valence electrons. The molecule has 0 saturated carbocycles. The first-order chi connectivity index (χ1) is 9.50. The van der Waals surface area contributed by atoms with E-state index in [1.165, 1.54) is 11.3 Å². The van der Waals surface area contributed by atoms with E-state index >= 15 is 0 Å². The van der Waals surface area contributed by atoms with Gasteiger partial charge < -0.3 is 5.32 Å². The van der Waals surface area contributed by atoms with Crippen molar-refractivity contribution in [1.82, 2.24) is 9.62 Å². The fraction of sp³-hybridized carbons (Fsp3) is 0.692. The summed E-state index contributed by atoms with van der Waals surface area (Å²) in [5.41, 5.74) is 0. The first kappa shape index (κ1) is 16.3. The van der Waals surface area contributed by atoms with Crippen LogP contribution in [0.5, 0.6) is 0 Å². The minimum Gasteiger partial charge on any atom is -0.310 e. The van der Waals surface area contributed by atoms with Gasteiger partial charge in [0.2, 0.25) is 0 Å². The maximum atomic E-state index is 12.6. The van der Waals surface area contributed by atoms with Crippen LogP contribution in [0.25, 0.3) is 0 Å². The third-order valence-corrected chi connectivity index (χ3v) is 7.60. The summed E-state index contributed by atoms with van der Waals surface area (Å²) in [6.45, 7) is 6.17. The van der Waals surface area contributed by atoms with Gasteiger partial charge in [-0.3, -0.25) is 0 Å². The molecule has 1 saturated heterocycles. The molecule has 1 aromatic rings. The predicted molar refractivity (Wildman–Crippen MR) is 87.0 cm³/mol. The first-order valence-corrected chi connectivity index (χ1v) is 10.3. The van der Waals surface area contributed by atoms with Gasteiger partial charge in [0.05, 0.1) is 0 Å². The Morgan fingerprint density at radius 2 is 2.10 bits per heavy atom. The molecule has 0 bridgehead atoms. The molecule has 4 nitrogen and oxygen atoms in total. The molecule has 0 radical (unpaired) electrons. The Bertz CT molecular complexity index is 517. The number of hydrogen-bond donors (Lipinski definition) is 1. The number of thiophene rings is 1. The van der Waals surface area contributed by atoms with Crippen LogP contribution < -0.4 is 5.32 Å². The van der Waals surface area contributed by atoms with Crippen LogP contribution in [0.3, 0.4) is 0 Å². The van der Waals surface area contributed by atoms with E-state index in [0.29, 0.717) is 23.3 Å². The molecule has 2 rings (SSSR count). The van der Waals surface area contributed by atoms with Gasteiger partial charge in [0.25, 0.3) is 10.0 Å². The van der Waals surface area contributed by atoms with Crippen molar-refractivity contribution in [2.75, 3.05) is 24.6 Å². The zero-order valence-electron chi connectivity index (χ0n) is 12.0. The van der Waals surface area contributed by atoms with Crippen molar-refractivity contribution in [2.24, 2.45) is 0 Å². The molecule has 1 N–H and O–H groups in total. The largest absolute Gasteiger partial charge is 0.310 e. The van der Waals surface area contributed by atoms with Crippen molar-refractivity contribution < 1.29 is 8.42 Å². The average molecular weight is 335 g/mol. The Labute approximate surface area is 130 Å². The zero-order valence-corrected chi connectivity index (χ0v) is 14.4. The second kappa shape index (κ2) is 7.26. The fourth-order valence-corrected chi connectivity index (χ4v) is 5.93. The van der Waals surface area contributed by atoms with E-state index in [1.807, 2.05) is 17.8 Å². The number of hydrogen-bond acceptors (Lipinski definition) is 5. The molecule has 0 aliphatic carbocycles. The standard InChI is InChI=1S/C13H22N2O2S3/c1-11(2)14-10-12-4-5-13(19-12)20(16,17)15-6-3-8-18-9-7-15/h4-5,11,14H,3,6-10H2,1-2H3. The Hall–Kier alpha value is -0.0800. The van der Waals surface area contributed by atoms with Crippen LogP contribution in [0.15, 0.2) is 16.3 Å². The van der Waals surface area contributed by atoms with Gasteiger partial charge in [-0.05, 0) is 24.3 Å². The van der Waals surface area contributed by atoms with Gasteiger partial charge >= 0.3 is 0 Å². The maximum absolute atomic E-state index is 12.6. The van der Waals surface area contributed by atoms with Crippen LogP contribution in [-0.2, 0) is 16.6 Å². The van der Waals surface area contributed by atoms with Gasteiger partial charge in [0, 0.05) is 36.3 Å². The SMILES string of the molecule is CC(C)NCc1ccc(S(=O)(=O)N2CCCSCC2)s1. The van der Waals surface area contributed by atoms with E-state index in [1.54, 1.807) is 10.4 Å². The molecular formula is C13H22N2O2S3. The van der Waals surface area contributed by atoms with Gasteiger partial charge in [-0.15, -0.1) is 11.3 Å². The highest BCUT2D eigenvalue weighted by Gasteiger charge is 2.26. The lowest BCUT2D eigenvalue weighted by Crippen LogP contribution is -2.32. The van der Waals surface area contributed by atoms with Crippen molar-refractivity contribution in [3.05, 3.63) is 17.0 Å². The summed E-state index contributed by atoms with van der Waals surface area (Å²) in [4.78, 5) is 1.07. The highest BCUT2D eigenvalue weighted by atomic mass is 32.2. The maximum Gasteiger partial charge on any atom is 0.252 e. The van der Waals surface area contributed by atoms with Gasteiger partial charge in [0.15, 0.2) is 0 Å². The molecular weight excluding hydrogens is 312 g/mol. The van der Waals surface area contributed by atoms with E-state index < -0.39 is 10.0 Å². The molecule has 0 atom stereocenters. The van der Waals surface area contributed by atoms with Crippen LogP contribution in [0, 0.1) is 0 Å². The minimum atomic E-state index is -3.29. The van der Waals surface area contributed by atoms with Crippen LogP contribution in [0.2, 0.25) is 0 Å². The molecule has 0 amide bonds. The quantitative estimate of drug-likeness (QED) is 0.898. The normalized spacial score (nSPS) is 18.4. The second-order valence-electron chi connectivity index (χ2n) is 5.13. The van der Waals surface area contributed by atoms with Crippen molar-refractivity contribution in [3.8, 4) is 0 Å². The summed E-state index contributed by atoms with van der Waals surface area (Å²) in [5.74, 6) is 1.95. The molecule has 1 aliphatic rings. The van der Waals surface area contributed by atoms with Crippen LogP contribution in [-0.4, -0.2) is 43.4 Å².